The minimum atomic E-state index is -4.73. The molecule has 1 aliphatic heterocycles. The molecule has 2 heterocycles. The molecule has 1 aromatic heterocycles. The van der Waals surface area contributed by atoms with Gasteiger partial charge in [0.1, 0.15) is 0 Å². The highest BCUT2D eigenvalue weighted by Crippen LogP contribution is 2.29. The molecule has 2 aromatic rings. The van der Waals surface area contributed by atoms with Gasteiger partial charge in [0.15, 0.2) is 5.75 Å². The van der Waals surface area contributed by atoms with Crippen molar-refractivity contribution in [1.29, 1.82) is 0 Å². The number of phenols is 1. The van der Waals surface area contributed by atoms with E-state index in [-0.39, 0.29) is 30.8 Å². The Morgan fingerprint density at radius 1 is 1.38 bits per heavy atom. The quantitative estimate of drug-likeness (QED) is 0.631. The molecule has 0 spiro atoms. The summed E-state index contributed by atoms with van der Waals surface area (Å²) >= 11 is 0. The van der Waals surface area contributed by atoms with Crippen molar-refractivity contribution in [3.8, 4) is 5.75 Å². The maximum atomic E-state index is 12.7. The van der Waals surface area contributed by atoms with E-state index in [1.807, 2.05) is 0 Å². The Morgan fingerprint density at radius 2 is 2.12 bits per heavy atom. The summed E-state index contributed by atoms with van der Waals surface area (Å²) in [5.74, 6) is -1.77. The third-order valence-corrected chi connectivity index (χ3v) is 4.06. The third-order valence-electron chi connectivity index (χ3n) is 4.06. The van der Waals surface area contributed by atoms with Gasteiger partial charge in [-0.1, -0.05) is 6.07 Å². The molecule has 0 saturated heterocycles. The molecule has 0 amide bonds. The van der Waals surface area contributed by atoms with E-state index in [2.05, 4.69) is 4.98 Å². The third kappa shape index (κ3) is 3.52. The maximum Gasteiger partial charge on any atom is 0.449 e. The van der Waals surface area contributed by atoms with Crippen molar-refractivity contribution in [2.24, 2.45) is 0 Å². The molecular weight excluding hydrogens is 357 g/mol. The number of halogens is 3. The summed E-state index contributed by atoms with van der Waals surface area (Å²) in [7, 11) is 0. The lowest BCUT2D eigenvalue weighted by Gasteiger charge is -2.27. The van der Waals surface area contributed by atoms with Gasteiger partial charge in [-0.05, 0) is 11.6 Å². The predicted molar refractivity (Wildman–Crippen MR) is 82.4 cm³/mol. The Morgan fingerprint density at radius 3 is 2.77 bits per heavy atom. The van der Waals surface area contributed by atoms with Crippen molar-refractivity contribution in [2.75, 3.05) is 6.54 Å². The number of aromatic hydroxyl groups is 1. The zero-order valence-corrected chi connectivity index (χ0v) is 13.2. The van der Waals surface area contributed by atoms with Crippen LogP contribution in [0.15, 0.2) is 23.0 Å². The van der Waals surface area contributed by atoms with Gasteiger partial charge < -0.3 is 10.1 Å². The first kappa shape index (κ1) is 17.9. The SMILES string of the molecule is O=c1[nH]c(C(F)(F)F)nc2c1CN(Cc1ccc(O)c([N+](=O)[O-])c1)CC2. The van der Waals surface area contributed by atoms with Crippen molar-refractivity contribution in [3.05, 3.63) is 61.3 Å². The largest absolute Gasteiger partial charge is 0.502 e. The number of nitro benzene ring substituents is 1. The van der Waals surface area contributed by atoms with Crippen LogP contribution in [0, 0.1) is 10.1 Å². The topological polar surface area (TPSA) is 112 Å². The number of nitrogens with zero attached hydrogens (tertiary/aromatic N) is 3. The van der Waals surface area contributed by atoms with Crippen LogP contribution in [0.4, 0.5) is 18.9 Å². The van der Waals surface area contributed by atoms with Gasteiger partial charge in [-0.2, -0.15) is 13.2 Å². The van der Waals surface area contributed by atoms with Crippen LogP contribution in [0.25, 0.3) is 0 Å². The summed E-state index contributed by atoms with van der Waals surface area (Å²) in [5, 5.41) is 20.3. The smallest absolute Gasteiger partial charge is 0.449 e. The van der Waals surface area contributed by atoms with Crippen molar-refractivity contribution in [3.63, 3.8) is 0 Å². The molecule has 1 aliphatic rings. The molecule has 138 valence electrons. The van der Waals surface area contributed by atoms with Crippen LogP contribution in [-0.2, 0) is 25.7 Å². The minimum absolute atomic E-state index is 0.0739. The molecule has 0 unspecified atom stereocenters. The Balaban J connectivity index is 1.82. The number of hydrogen-bond donors (Lipinski definition) is 2. The molecular formula is C15H13F3N4O4. The number of phenolic OH excluding ortho intramolecular Hbond substituents is 1. The van der Waals surface area contributed by atoms with Crippen LogP contribution in [-0.4, -0.2) is 31.4 Å². The first-order valence-corrected chi connectivity index (χ1v) is 7.53. The monoisotopic (exact) mass is 370 g/mol. The molecule has 0 radical (unpaired) electrons. The molecule has 0 aliphatic carbocycles. The Hall–Kier alpha value is -2.95. The second kappa shape index (κ2) is 6.41. The van der Waals surface area contributed by atoms with Crippen LogP contribution >= 0.6 is 0 Å². The van der Waals surface area contributed by atoms with Gasteiger partial charge in [0.05, 0.1) is 16.2 Å². The molecule has 2 N–H and O–H groups in total. The van der Waals surface area contributed by atoms with Gasteiger partial charge in [-0.25, -0.2) is 4.98 Å². The second-order valence-electron chi connectivity index (χ2n) is 5.88. The maximum absolute atomic E-state index is 12.7. The Kier molecular flexibility index (Phi) is 4.40. The van der Waals surface area contributed by atoms with Crippen LogP contribution in [0.1, 0.15) is 22.6 Å². The molecule has 0 bridgehead atoms. The van der Waals surface area contributed by atoms with E-state index in [4.69, 9.17) is 0 Å². The molecule has 8 nitrogen and oxygen atoms in total. The van der Waals surface area contributed by atoms with Gasteiger partial charge in [0.25, 0.3) is 5.56 Å². The zero-order chi connectivity index (χ0) is 19.1. The highest BCUT2D eigenvalue weighted by Gasteiger charge is 2.36. The standard InChI is InChI=1S/C15H13F3N4O4/c16-15(17,18)14-19-10-3-4-21(7-9(10)13(24)20-14)6-8-1-2-12(23)11(5-8)22(25)26/h1-2,5,23H,3-4,6-7H2,(H,19,20,24). The first-order valence-electron chi connectivity index (χ1n) is 7.53. The van der Waals surface area contributed by atoms with E-state index in [9.17, 15) is 33.2 Å². The number of benzene rings is 1. The zero-order valence-electron chi connectivity index (χ0n) is 13.2. The molecule has 0 saturated carbocycles. The molecule has 3 rings (SSSR count). The molecule has 1 aromatic carbocycles. The van der Waals surface area contributed by atoms with Gasteiger partial charge in [0, 0.05) is 32.1 Å². The highest BCUT2D eigenvalue weighted by molar-refractivity contribution is 5.47. The van der Waals surface area contributed by atoms with Crippen LogP contribution in [0.2, 0.25) is 0 Å². The summed E-state index contributed by atoms with van der Waals surface area (Å²) in [6, 6.07) is 3.93. The number of rotatable bonds is 3. The number of nitro groups is 1. The van der Waals surface area contributed by atoms with E-state index in [1.54, 1.807) is 9.88 Å². The summed E-state index contributed by atoms with van der Waals surface area (Å²) in [6.07, 6.45) is -4.57. The summed E-state index contributed by atoms with van der Waals surface area (Å²) in [6.45, 7) is 0.654. The fraction of sp³-hybridized carbons (Fsp3) is 0.333. The summed E-state index contributed by atoms with van der Waals surface area (Å²) in [5.41, 5.74) is -0.487. The van der Waals surface area contributed by atoms with Crippen LogP contribution in [0.5, 0.6) is 5.75 Å². The van der Waals surface area contributed by atoms with E-state index < -0.39 is 33.9 Å². The van der Waals surface area contributed by atoms with E-state index in [0.717, 1.165) is 0 Å². The highest BCUT2D eigenvalue weighted by atomic mass is 19.4. The second-order valence-corrected chi connectivity index (χ2v) is 5.88. The number of alkyl halides is 3. The Bertz CT molecular complexity index is 926. The van der Waals surface area contributed by atoms with Crippen molar-refractivity contribution in [1.82, 2.24) is 14.9 Å². The normalized spacial score (nSPS) is 14.9. The fourth-order valence-electron chi connectivity index (χ4n) is 2.82. The number of hydrogen-bond acceptors (Lipinski definition) is 6. The average Bonchev–Trinajstić information content (AvgIpc) is 2.56. The lowest BCUT2D eigenvalue weighted by atomic mass is 10.1. The summed E-state index contributed by atoms with van der Waals surface area (Å²) in [4.78, 5) is 29.2. The summed E-state index contributed by atoms with van der Waals surface area (Å²) < 4.78 is 38.2. The number of H-pyrrole nitrogens is 1. The number of nitrogens with one attached hydrogen (secondary N) is 1. The lowest BCUT2D eigenvalue weighted by molar-refractivity contribution is -0.385. The van der Waals surface area contributed by atoms with E-state index in [0.29, 0.717) is 12.1 Å². The van der Waals surface area contributed by atoms with Gasteiger partial charge in [0.2, 0.25) is 5.82 Å². The van der Waals surface area contributed by atoms with Gasteiger partial charge in [-0.15, -0.1) is 0 Å². The number of aromatic nitrogens is 2. The van der Waals surface area contributed by atoms with E-state index in [1.165, 1.54) is 18.2 Å². The molecule has 11 heteroatoms. The van der Waals surface area contributed by atoms with Gasteiger partial charge >= 0.3 is 11.9 Å². The Labute approximate surface area is 144 Å². The van der Waals surface area contributed by atoms with E-state index >= 15 is 0 Å². The van der Waals surface area contributed by atoms with Crippen molar-refractivity contribution in [2.45, 2.75) is 25.7 Å². The predicted octanol–water partition coefficient (Wildman–Crippen LogP) is 1.96. The first-order chi connectivity index (χ1) is 12.1. The van der Waals surface area contributed by atoms with Crippen molar-refractivity contribution >= 4 is 5.69 Å². The van der Waals surface area contributed by atoms with Crippen LogP contribution < -0.4 is 5.56 Å². The molecule has 0 atom stereocenters. The molecule has 0 fully saturated rings. The van der Waals surface area contributed by atoms with Crippen LogP contribution in [0.3, 0.4) is 0 Å². The lowest BCUT2D eigenvalue weighted by Crippen LogP contribution is -2.36. The number of aromatic amines is 1. The minimum Gasteiger partial charge on any atom is -0.502 e. The van der Waals surface area contributed by atoms with Crippen molar-refractivity contribution < 1.29 is 23.2 Å². The fourth-order valence-corrected chi connectivity index (χ4v) is 2.82. The van der Waals surface area contributed by atoms with Gasteiger partial charge in [-0.3, -0.25) is 19.8 Å². The number of fused-ring (bicyclic) bond motifs is 1. The molecule has 26 heavy (non-hydrogen) atoms. The average molecular weight is 370 g/mol.